The molecule has 5 heteroatoms. The number of rotatable bonds is 8. The average Bonchev–Trinajstić information content (AvgIpc) is 2.67. The largest absolute Gasteiger partial charge is 0.497 e. The maximum Gasteiger partial charge on any atom is 0.253 e. The molecule has 0 heterocycles. The van der Waals surface area contributed by atoms with Crippen LogP contribution in [0.5, 0.6) is 11.5 Å². The van der Waals surface area contributed by atoms with Crippen molar-refractivity contribution < 1.29 is 14.3 Å². The second-order valence-electron chi connectivity index (χ2n) is 5.81. The molecule has 0 aliphatic carbocycles. The molecular weight excluding hydrogens is 316 g/mol. The highest BCUT2D eigenvalue weighted by molar-refractivity contribution is 5.94. The summed E-state index contributed by atoms with van der Waals surface area (Å²) < 4.78 is 10.8. The van der Waals surface area contributed by atoms with Gasteiger partial charge >= 0.3 is 0 Å². The molecule has 0 fully saturated rings. The van der Waals surface area contributed by atoms with Crippen LogP contribution in [0, 0.1) is 0 Å². The minimum Gasteiger partial charge on any atom is -0.497 e. The fourth-order valence-electron chi connectivity index (χ4n) is 2.34. The lowest BCUT2D eigenvalue weighted by molar-refractivity contribution is 0.0774. The highest BCUT2D eigenvalue weighted by Crippen LogP contribution is 2.17. The van der Waals surface area contributed by atoms with Gasteiger partial charge in [0.15, 0.2) is 0 Å². The SMILES string of the molecule is CCN(C)c1ccc(C(=O)N(C)CCOc2ccc(OC)cc2)cc1. The number of benzene rings is 2. The molecule has 0 bridgehead atoms. The topological polar surface area (TPSA) is 42.0 Å². The Labute approximate surface area is 149 Å². The summed E-state index contributed by atoms with van der Waals surface area (Å²) >= 11 is 0. The van der Waals surface area contributed by atoms with Crippen molar-refractivity contribution in [3.8, 4) is 11.5 Å². The van der Waals surface area contributed by atoms with Crippen molar-refractivity contribution in [3.05, 3.63) is 54.1 Å². The summed E-state index contributed by atoms with van der Waals surface area (Å²) in [6, 6.07) is 15.1. The van der Waals surface area contributed by atoms with Gasteiger partial charge in [0.25, 0.3) is 5.91 Å². The summed E-state index contributed by atoms with van der Waals surface area (Å²) in [4.78, 5) is 16.3. The van der Waals surface area contributed by atoms with Gasteiger partial charge in [0, 0.05) is 31.9 Å². The highest BCUT2D eigenvalue weighted by Gasteiger charge is 2.12. The quantitative estimate of drug-likeness (QED) is 0.738. The molecule has 0 aromatic heterocycles. The lowest BCUT2D eigenvalue weighted by Gasteiger charge is -2.19. The van der Waals surface area contributed by atoms with Crippen molar-refractivity contribution in [1.82, 2.24) is 4.90 Å². The molecule has 0 N–H and O–H groups in total. The maximum absolute atomic E-state index is 12.5. The Morgan fingerprint density at radius 2 is 1.56 bits per heavy atom. The van der Waals surface area contributed by atoms with Gasteiger partial charge in [0.05, 0.1) is 13.7 Å². The number of ether oxygens (including phenoxy) is 2. The van der Waals surface area contributed by atoms with E-state index in [-0.39, 0.29) is 5.91 Å². The second kappa shape index (κ2) is 8.97. The summed E-state index contributed by atoms with van der Waals surface area (Å²) in [7, 11) is 5.44. The number of carbonyl (C=O) groups excluding carboxylic acids is 1. The number of nitrogens with zero attached hydrogens (tertiary/aromatic N) is 2. The minimum absolute atomic E-state index is 0.0102. The molecule has 0 saturated carbocycles. The lowest BCUT2D eigenvalue weighted by atomic mass is 10.1. The lowest BCUT2D eigenvalue weighted by Crippen LogP contribution is -2.30. The van der Waals surface area contributed by atoms with Crippen LogP contribution in [0.15, 0.2) is 48.5 Å². The minimum atomic E-state index is -0.0102. The fourth-order valence-corrected chi connectivity index (χ4v) is 2.34. The summed E-state index contributed by atoms with van der Waals surface area (Å²) in [5.41, 5.74) is 1.78. The third-order valence-corrected chi connectivity index (χ3v) is 4.13. The highest BCUT2D eigenvalue weighted by atomic mass is 16.5. The molecule has 25 heavy (non-hydrogen) atoms. The van der Waals surface area contributed by atoms with Gasteiger partial charge in [0.2, 0.25) is 0 Å². The van der Waals surface area contributed by atoms with E-state index in [1.54, 1.807) is 19.1 Å². The van der Waals surface area contributed by atoms with Gasteiger partial charge in [0.1, 0.15) is 18.1 Å². The van der Waals surface area contributed by atoms with Crippen LogP contribution >= 0.6 is 0 Å². The Morgan fingerprint density at radius 3 is 2.12 bits per heavy atom. The Bertz CT molecular complexity index is 668. The molecule has 0 atom stereocenters. The first kappa shape index (κ1) is 18.6. The van der Waals surface area contributed by atoms with Crippen molar-refractivity contribution in [2.24, 2.45) is 0 Å². The van der Waals surface area contributed by atoms with Crippen molar-refractivity contribution in [3.63, 3.8) is 0 Å². The molecule has 0 radical (unpaired) electrons. The molecule has 5 nitrogen and oxygen atoms in total. The second-order valence-corrected chi connectivity index (χ2v) is 5.81. The maximum atomic E-state index is 12.5. The molecule has 0 aliphatic heterocycles. The molecule has 134 valence electrons. The van der Waals surface area contributed by atoms with Crippen LogP contribution in [0.2, 0.25) is 0 Å². The number of hydrogen-bond donors (Lipinski definition) is 0. The normalized spacial score (nSPS) is 10.2. The number of likely N-dealkylation sites (N-methyl/N-ethyl adjacent to an activating group) is 1. The van der Waals surface area contributed by atoms with E-state index < -0.39 is 0 Å². The van der Waals surface area contributed by atoms with Crippen molar-refractivity contribution in [2.75, 3.05) is 45.8 Å². The van der Waals surface area contributed by atoms with Crippen LogP contribution in [0.3, 0.4) is 0 Å². The summed E-state index contributed by atoms with van der Waals surface area (Å²) in [5.74, 6) is 1.54. The van der Waals surface area contributed by atoms with E-state index in [4.69, 9.17) is 9.47 Å². The standard InChI is InChI=1S/C20H26N2O3/c1-5-21(2)17-8-6-16(7-9-17)20(23)22(3)14-15-25-19-12-10-18(24-4)11-13-19/h6-13H,5,14-15H2,1-4H3. The Morgan fingerprint density at radius 1 is 0.960 bits per heavy atom. The first-order valence-electron chi connectivity index (χ1n) is 8.38. The van der Waals surface area contributed by atoms with E-state index in [9.17, 15) is 4.79 Å². The third-order valence-electron chi connectivity index (χ3n) is 4.13. The molecule has 1 amide bonds. The van der Waals surface area contributed by atoms with Gasteiger partial charge in [-0.05, 0) is 55.5 Å². The molecule has 0 unspecified atom stereocenters. The molecule has 0 aliphatic rings. The number of hydrogen-bond acceptors (Lipinski definition) is 4. The molecule has 0 spiro atoms. The molecular formula is C20H26N2O3. The molecule has 2 rings (SSSR count). The van der Waals surface area contributed by atoms with E-state index in [1.165, 1.54) is 0 Å². The van der Waals surface area contributed by atoms with E-state index in [0.29, 0.717) is 18.7 Å². The van der Waals surface area contributed by atoms with Gasteiger partial charge in [-0.1, -0.05) is 0 Å². The Kier molecular flexibility index (Phi) is 6.69. The molecule has 2 aromatic carbocycles. The first-order chi connectivity index (χ1) is 12.0. The van der Waals surface area contributed by atoms with E-state index in [1.807, 2.05) is 55.6 Å². The summed E-state index contributed by atoms with van der Waals surface area (Å²) in [6.07, 6.45) is 0. The van der Waals surface area contributed by atoms with Crippen molar-refractivity contribution >= 4 is 11.6 Å². The average molecular weight is 342 g/mol. The van der Waals surface area contributed by atoms with Gasteiger partial charge in [-0.2, -0.15) is 0 Å². The molecule has 2 aromatic rings. The first-order valence-corrected chi connectivity index (χ1v) is 8.38. The van der Waals surface area contributed by atoms with Crippen LogP contribution in [0.4, 0.5) is 5.69 Å². The van der Waals surface area contributed by atoms with Crippen LogP contribution in [0.1, 0.15) is 17.3 Å². The van der Waals surface area contributed by atoms with E-state index in [0.717, 1.165) is 23.7 Å². The fraction of sp³-hybridized carbons (Fsp3) is 0.350. The zero-order chi connectivity index (χ0) is 18.2. The number of amides is 1. The van der Waals surface area contributed by atoms with Crippen LogP contribution in [0.25, 0.3) is 0 Å². The number of anilines is 1. The predicted molar refractivity (Wildman–Crippen MR) is 101 cm³/mol. The predicted octanol–water partition coefficient (Wildman–Crippen LogP) is 3.30. The van der Waals surface area contributed by atoms with Crippen molar-refractivity contribution in [2.45, 2.75) is 6.92 Å². The van der Waals surface area contributed by atoms with Gasteiger partial charge in [-0.25, -0.2) is 0 Å². The summed E-state index contributed by atoms with van der Waals surface area (Å²) in [5, 5.41) is 0. The third kappa shape index (κ3) is 5.14. The van der Waals surface area contributed by atoms with Crippen molar-refractivity contribution in [1.29, 1.82) is 0 Å². The van der Waals surface area contributed by atoms with Crippen LogP contribution in [-0.2, 0) is 0 Å². The summed E-state index contributed by atoms with van der Waals surface area (Å²) in [6.45, 7) is 3.97. The number of methoxy groups -OCH3 is 1. The van der Waals surface area contributed by atoms with Crippen LogP contribution in [-0.4, -0.2) is 51.7 Å². The van der Waals surface area contributed by atoms with Gasteiger partial charge in [-0.3, -0.25) is 4.79 Å². The van der Waals surface area contributed by atoms with Crippen LogP contribution < -0.4 is 14.4 Å². The van der Waals surface area contributed by atoms with Gasteiger partial charge < -0.3 is 19.3 Å². The monoisotopic (exact) mass is 342 g/mol. The zero-order valence-electron chi connectivity index (χ0n) is 15.4. The zero-order valence-corrected chi connectivity index (χ0v) is 15.4. The van der Waals surface area contributed by atoms with E-state index >= 15 is 0 Å². The van der Waals surface area contributed by atoms with Gasteiger partial charge in [-0.15, -0.1) is 0 Å². The van der Waals surface area contributed by atoms with E-state index in [2.05, 4.69) is 11.8 Å². The smallest absolute Gasteiger partial charge is 0.253 e. The Hall–Kier alpha value is -2.69. The number of carbonyl (C=O) groups is 1. The molecule has 0 saturated heterocycles. The Balaban J connectivity index is 1.84.